The van der Waals surface area contributed by atoms with Crippen LogP contribution in [0.5, 0.6) is 0 Å². The van der Waals surface area contributed by atoms with Gasteiger partial charge in [-0.1, -0.05) is 73.8 Å². The van der Waals surface area contributed by atoms with Gasteiger partial charge in [0.15, 0.2) is 5.65 Å². The number of nitrogens with one attached hydrogen (secondary N) is 2. The minimum atomic E-state index is -0.700. The summed E-state index contributed by atoms with van der Waals surface area (Å²) in [6, 6.07) is 16.8. The molecule has 6 rings (SSSR count). The first-order chi connectivity index (χ1) is 19.9. The largest absolute Gasteiger partial charge is 0.434 e. The third-order valence-corrected chi connectivity index (χ3v) is 8.07. The quantitative estimate of drug-likeness (QED) is 0.210. The van der Waals surface area contributed by atoms with Gasteiger partial charge in [0.2, 0.25) is 11.8 Å². The van der Waals surface area contributed by atoms with Crippen LogP contribution in [0.2, 0.25) is 5.02 Å². The number of H-pyrrole nitrogens is 1. The molecular weight excluding hydrogens is 542 g/mol. The van der Waals surface area contributed by atoms with Crippen LogP contribution >= 0.6 is 11.6 Å². The van der Waals surface area contributed by atoms with Crippen molar-refractivity contribution < 1.29 is 9.52 Å². The molecule has 3 heterocycles. The van der Waals surface area contributed by atoms with E-state index in [9.17, 15) is 9.90 Å². The molecule has 1 saturated carbocycles. The third kappa shape index (κ3) is 5.75. The molecule has 1 aliphatic carbocycles. The van der Waals surface area contributed by atoms with Crippen molar-refractivity contribution in [3.05, 3.63) is 75.7 Å². The van der Waals surface area contributed by atoms with Crippen molar-refractivity contribution >= 4 is 28.7 Å². The van der Waals surface area contributed by atoms with E-state index in [4.69, 9.17) is 26.0 Å². The Hall–Kier alpha value is -4.02. The number of halogens is 1. The van der Waals surface area contributed by atoms with Crippen LogP contribution in [0.1, 0.15) is 51.1 Å². The normalized spacial score (nSPS) is 18.8. The summed E-state index contributed by atoms with van der Waals surface area (Å²) >= 11 is 6.41. The van der Waals surface area contributed by atoms with Crippen LogP contribution < -0.4 is 11.1 Å². The first-order valence-corrected chi connectivity index (χ1v) is 14.3. The SMILES string of the molecule is CC1CCC(Cn2c(N[C@H](c3ccccc3)[C@H](C)O)nc3nc(-c4n[nH]c(=O)o4)nc(-c4cccc(Cl)c4)c32)CC1. The highest BCUT2D eigenvalue weighted by atomic mass is 35.5. The zero-order chi connectivity index (χ0) is 28.5. The smallest absolute Gasteiger partial charge is 0.391 e. The molecule has 10 nitrogen and oxygen atoms in total. The molecule has 0 aliphatic heterocycles. The maximum absolute atomic E-state index is 11.7. The van der Waals surface area contributed by atoms with Gasteiger partial charge in [-0.2, -0.15) is 4.98 Å². The summed E-state index contributed by atoms with van der Waals surface area (Å²) in [7, 11) is 0. The summed E-state index contributed by atoms with van der Waals surface area (Å²) < 4.78 is 7.33. The summed E-state index contributed by atoms with van der Waals surface area (Å²) in [6.45, 7) is 4.78. The van der Waals surface area contributed by atoms with Crippen molar-refractivity contribution in [3.8, 4) is 23.0 Å². The molecule has 0 unspecified atom stereocenters. The van der Waals surface area contributed by atoms with Crippen LogP contribution in [0.25, 0.3) is 34.1 Å². The van der Waals surface area contributed by atoms with Crippen molar-refractivity contribution in [3.63, 3.8) is 0 Å². The van der Waals surface area contributed by atoms with Crippen molar-refractivity contribution in [1.82, 2.24) is 29.7 Å². The Morgan fingerprint density at radius 2 is 1.88 bits per heavy atom. The number of aromatic amines is 1. The number of aliphatic hydroxyl groups excluding tert-OH is 1. The Balaban J connectivity index is 1.55. The van der Waals surface area contributed by atoms with Gasteiger partial charge in [0.05, 0.1) is 12.1 Å². The van der Waals surface area contributed by atoms with E-state index < -0.39 is 17.9 Å². The van der Waals surface area contributed by atoms with Gasteiger partial charge in [0.1, 0.15) is 11.2 Å². The molecule has 3 aromatic heterocycles. The Kier molecular flexibility index (Phi) is 7.59. The van der Waals surface area contributed by atoms with Gasteiger partial charge < -0.3 is 19.4 Å². The summed E-state index contributed by atoms with van der Waals surface area (Å²) in [4.78, 5) is 26.2. The first kappa shape index (κ1) is 27.2. The predicted octanol–water partition coefficient (Wildman–Crippen LogP) is 5.85. The average molecular weight is 574 g/mol. The van der Waals surface area contributed by atoms with E-state index in [-0.39, 0.29) is 11.7 Å². The number of anilines is 1. The molecule has 0 radical (unpaired) electrons. The van der Waals surface area contributed by atoms with E-state index in [0.29, 0.717) is 34.8 Å². The number of aromatic nitrogens is 6. The van der Waals surface area contributed by atoms with Gasteiger partial charge in [0, 0.05) is 17.1 Å². The molecule has 0 saturated heterocycles. The standard InChI is InChI=1S/C30H32ClN7O3/c1-17-11-13-19(14-12-17)16-38-25-24(21-9-6-10-22(31)15-21)32-27(28-36-37-30(40)41-28)34-26(25)35-29(38)33-23(18(2)39)20-7-4-3-5-8-20/h3-10,15,17-19,23,39H,11-14,16H2,1-2H3,(H,37,40)(H,32,33,34,35)/t17?,18-,19?,23-/m0/s1. The van der Waals surface area contributed by atoms with Crippen LogP contribution in [0.15, 0.2) is 63.8 Å². The highest BCUT2D eigenvalue weighted by Gasteiger charge is 2.27. The lowest BCUT2D eigenvalue weighted by molar-refractivity contribution is 0.171. The maximum Gasteiger partial charge on any atom is 0.434 e. The Labute approximate surface area is 241 Å². The van der Waals surface area contributed by atoms with Gasteiger partial charge in [-0.25, -0.2) is 19.9 Å². The fraction of sp³-hybridized carbons (Fsp3) is 0.367. The first-order valence-electron chi connectivity index (χ1n) is 14.0. The van der Waals surface area contributed by atoms with E-state index in [1.165, 1.54) is 12.8 Å². The molecule has 3 N–H and O–H groups in total. The Morgan fingerprint density at radius 3 is 2.56 bits per heavy atom. The second kappa shape index (κ2) is 11.5. The van der Waals surface area contributed by atoms with Gasteiger partial charge in [0.25, 0.3) is 5.89 Å². The van der Waals surface area contributed by atoms with Gasteiger partial charge in [-0.05, 0) is 49.3 Å². The summed E-state index contributed by atoms with van der Waals surface area (Å²) in [6.07, 6.45) is 3.89. The van der Waals surface area contributed by atoms with Gasteiger partial charge in [-0.15, -0.1) is 5.10 Å². The Morgan fingerprint density at radius 1 is 1.10 bits per heavy atom. The van der Waals surface area contributed by atoms with Crippen molar-refractivity contribution in [2.75, 3.05) is 5.32 Å². The third-order valence-electron chi connectivity index (χ3n) is 7.83. The highest BCUT2D eigenvalue weighted by molar-refractivity contribution is 6.30. The van der Waals surface area contributed by atoms with Crippen LogP contribution in [0.4, 0.5) is 5.95 Å². The summed E-state index contributed by atoms with van der Waals surface area (Å²) in [5, 5.41) is 21.1. The Bertz CT molecular complexity index is 1700. The maximum atomic E-state index is 11.7. The van der Waals surface area contributed by atoms with E-state index in [2.05, 4.69) is 32.0 Å². The summed E-state index contributed by atoms with van der Waals surface area (Å²) in [5.74, 6) is 1.14. The number of fused-ring (bicyclic) bond motifs is 1. The van der Waals surface area contributed by atoms with Gasteiger partial charge >= 0.3 is 5.76 Å². The lowest BCUT2D eigenvalue weighted by atomic mass is 9.83. The van der Waals surface area contributed by atoms with Crippen molar-refractivity contribution in [2.45, 2.75) is 58.2 Å². The van der Waals surface area contributed by atoms with Crippen LogP contribution in [0, 0.1) is 11.8 Å². The molecule has 2 aromatic carbocycles. The average Bonchev–Trinajstić information content (AvgIpc) is 3.56. The molecule has 5 aromatic rings. The lowest BCUT2D eigenvalue weighted by Gasteiger charge is -2.28. The molecule has 0 amide bonds. The fourth-order valence-electron chi connectivity index (χ4n) is 5.63. The lowest BCUT2D eigenvalue weighted by Crippen LogP contribution is -2.26. The number of hydrogen-bond acceptors (Lipinski definition) is 8. The minimum Gasteiger partial charge on any atom is -0.391 e. The molecule has 1 fully saturated rings. The number of imidazole rings is 1. The monoisotopic (exact) mass is 573 g/mol. The van der Waals surface area contributed by atoms with Gasteiger partial charge in [-0.3, -0.25) is 0 Å². The van der Waals surface area contributed by atoms with E-state index in [1.54, 1.807) is 13.0 Å². The number of benzene rings is 2. The molecule has 1 aliphatic rings. The number of hydrogen-bond donors (Lipinski definition) is 3. The summed E-state index contributed by atoms with van der Waals surface area (Å²) in [5.41, 5.74) is 3.44. The molecule has 41 heavy (non-hydrogen) atoms. The zero-order valence-corrected chi connectivity index (χ0v) is 23.7. The second-order valence-electron chi connectivity index (χ2n) is 10.9. The predicted molar refractivity (Wildman–Crippen MR) is 157 cm³/mol. The minimum absolute atomic E-state index is 0.0309. The van der Waals surface area contributed by atoms with E-state index in [1.807, 2.05) is 48.5 Å². The van der Waals surface area contributed by atoms with E-state index >= 15 is 0 Å². The van der Waals surface area contributed by atoms with Crippen molar-refractivity contribution in [2.24, 2.45) is 11.8 Å². The molecule has 0 spiro atoms. The number of rotatable bonds is 8. The van der Waals surface area contributed by atoms with Crippen LogP contribution in [-0.2, 0) is 6.54 Å². The number of aliphatic hydroxyl groups is 1. The molecule has 2 atom stereocenters. The van der Waals surface area contributed by atoms with E-state index in [0.717, 1.165) is 35.4 Å². The topological polar surface area (TPSA) is 135 Å². The number of nitrogens with zero attached hydrogens (tertiary/aromatic N) is 5. The second-order valence-corrected chi connectivity index (χ2v) is 11.4. The molecule has 212 valence electrons. The van der Waals surface area contributed by atoms with Crippen molar-refractivity contribution in [1.29, 1.82) is 0 Å². The fourth-order valence-corrected chi connectivity index (χ4v) is 5.82. The zero-order valence-electron chi connectivity index (χ0n) is 22.9. The highest BCUT2D eigenvalue weighted by Crippen LogP contribution is 2.36. The van der Waals surface area contributed by atoms with Crippen LogP contribution in [-0.4, -0.2) is 40.9 Å². The molecule has 11 heteroatoms. The van der Waals surface area contributed by atoms with Crippen LogP contribution in [0.3, 0.4) is 0 Å². The molecule has 0 bridgehead atoms. The molecular formula is C30H32ClN7O3.